The summed E-state index contributed by atoms with van der Waals surface area (Å²) in [5.41, 5.74) is 3.13. The lowest BCUT2D eigenvalue weighted by atomic mass is 9.62. The van der Waals surface area contributed by atoms with E-state index in [0.29, 0.717) is 12.0 Å². The number of aryl methyl sites for hydroxylation is 1. The first-order valence-electron chi connectivity index (χ1n) is 7.15. The minimum atomic E-state index is 0.0537. The van der Waals surface area contributed by atoms with Crippen LogP contribution >= 0.6 is 0 Å². The Labute approximate surface area is 115 Å². The van der Waals surface area contributed by atoms with E-state index in [0.717, 1.165) is 13.0 Å². The van der Waals surface area contributed by atoms with Crippen molar-refractivity contribution in [3.8, 4) is 0 Å². The molecule has 0 spiro atoms. The quantitative estimate of drug-likeness (QED) is 0.769. The molecule has 0 saturated heterocycles. The molecule has 2 rings (SSSR count). The van der Waals surface area contributed by atoms with E-state index >= 15 is 0 Å². The summed E-state index contributed by atoms with van der Waals surface area (Å²) in [5, 5.41) is 5.86. The molecule has 2 N–H and O–H groups in total. The van der Waals surface area contributed by atoms with Gasteiger partial charge in [0.1, 0.15) is 0 Å². The van der Waals surface area contributed by atoms with Crippen molar-refractivity contribution in [2.75, 3.05) is 20.1 Å². The normalized spacial score (nSPS) is 16.7. The summed E-state index contributed by atoms with van der Waals surface area (Å²) < 4.78 is 0. The van der Waals surface area contributed by atoms with Gasteiger partial charge in [0.05, 0.1) is 6.54 Å². The van der Waals surface area contributed by atoms with Crippen molar-refractivity contribution in [1.29, 1.82) is 0 Å². The Hall–Kier alpha value is -1.35. The Morgan fingerprint density at radius 1 is 1.26 bits per heavy atom. The van der Waals surface area contributed by atoms with Crippen LogP contribution in [0, 0.1) is 6.92 Å². The van der Waals surface area contributed by atoms with Crippen LogP contribution in [0.2, 0.25) is 0 Å². The molecule has 0 heterocycles. The van der Waals surface area contributed by atoms with Gasteiger partial charge in [-0.05, 0) is 43.7 Å². The van der Waals surface area contributed by atoms with Gasteiger partial charge in [-0.2, -0.15) is 0 Å². The lowest BCUT2D eigenvalue weighted by Crippen LogP contribution is -2.39. The number of amides is 1. The van der Waals surface area contributed by atoms with Gasteiger partial charge in [-0.15, -0.1) is 0 Å². The van der Waals surface area contributed by atoms with Gasteiger partial charge < -0.3 is 10.6 Å². The van der Waals surface area contributed by atoms with E-state index in [1.807, 2.05) is 0 Å². The molecular weight excluding hydrogens is 236 g/mol. The van der Waals surface area contributed by atoms with Gasteiger partial charge in [-0.1, -0.05) is 36.2 Å². The predicted octanol–water partition coefficient (Wildman–Crippen LogP) is 2.14. The van der Waals surface area contributed by atoms with Gasteiger partial charge in [-0.25, -0.2) is 0 Å². The Bertz CT molecular complexity index is 421. The Balaban J connectivity index is 1.88. The van der Waals surface area contributed by atoms with Crippen molar-refractivity contribution < 1.29 is 4.79 Å². The van der Waals surface area contributed by atoms with Crippen molar-refractivity contribution in [3.63, 3.8) is 0 Å². The van der Waals surface area contributed by atoms with E-state index in [1.54, 1.807) is 7.05 Å². The third-order valence-electron chi connectivity index (χ3n) is 4.32. The first kappa shape index (κ1) is 14.1. The minimum Gasteiger partial charge on any atom is -0.358 e. The molecule has 0 bridgehead atoms. The molecule has 104 valence electrons. The molecule has 1 aromatic rings. The van der Waals surface area contributed by atoms with Crippen LogP contribution in [-0.2, 0) is 10.2 Å². The van der Waals surface area contributed by atoms with Gasteiger partial charge in [0, 0.05) is 7.05 Å². The van der Waals surface area contributed by atoms with Crippen LogP contribution < -0.4 is 10.6 Å². The largest absolute Gasteiger partial charge is 0.358 e. The Kier molecular flexibility index (Phi) is 4.59. The van der Waals surface area contributed by atoms with Crippen LogP contribution in [0.25, 0.3) is 0 Å². The topological polar surface area (TPSA) is 41.1 Å². The maximum atomic E-state index is 11.2. The maximum Gasteiger partial charge on any atom is 0.233 e. The van der Waals surface area contributed by atoms with E-state index in [2.05, 4.69) is 41.8 Å². The van der Waals surface area contributed by atoms with Crippen molar-refractivity contribution in [2.24, 2.45) is 0 Å². The second-order valence-corrected chi connectivity index (χ2v) is 5.60. The standard InChI is InChI=1S/C16H24N2O/c1-13-4-6-14(7-5-13)16(8-3-9-16)10-11-18-12-15(19)17-2/h4-7,18H,3,8-12H2,1-2H3,(H,17,19). The number of carbonyl (C=O) groups excluding carboxylic acids is 1. The summed E-state index contributed by atoms with van der Waals surface area (Å²) >= 11 is 0. The minimum absolute atomic E-state index is 0.0537. The number of nitrogens with one attached hydrogen (secondary N) is 2. The van der Waals surface area contributed by atoms with Crippen LogP contribution in [0.5, 0.6) is 0 Å². The van der Waals surface area contributed by atoms with Gasteiger partial charge in [0.2, 0.25) is 5.91 Å². The monoisotopic (exact) mass is 260 g/mol. The molecule has 1 amide bonds. The van der Waals surface area contributed by atoms with E-state index < -0.39 is 0 Å². The van der Waals surface area contributed by atoms with E-state index in [-0.39, 0.29) is 5.91 Å². The number of hydrogen-bond donors (Lipinski definition) is 2. The van der Waals surface area contributed by atoms with Crippen LogP contribution in [-0.4, -0.2) is 26.0 Å². The maximum absolute atomic E-state index is 11.2. The molecule has 1 fully saturated rings. The van der Waals surface area contributed by atoms with E-state index in [9.17, 15) is 4.79 Å². The molecule has 0 aliphatic heterocycles. The fraction of sp³-hybridized carbons (Fsp3) is 0.562. The van der Waals surface area contributed by atoms with Gasteiger partial charge in [-0.3, -0.25) is 4.79 Å². The summed E-state index contributed by atoms with van der Waals surface area (Å²) in [6.45, 7) is 3.45. The molecule has 1 aliphatic carbocycles. The molecular formula is C16H24N2O. The van der Waals surface area contributed by atoms with Crippen molar-refractivity contribution in [2.45, 2.75) is 38.0 Å². The molecule has 0 radical (unpaired) electrons. The zero-order valence-corrected chi connectivity index (χ0v) is 12.0. The van der Waals surface area contributed by atoms with Crippen molar-refractivity contribution >= 4 is 5.91 Å². The van der Waals surface area contributed by atoms with Gasteiger partial charge in [0.15, 0.2) is 0 Å². The van der Waals surface area contributed by atoms with Crippen LogP contribution in [0.3, 0.4) is 0 Å². The van der Waals surface area contributed by atoms with Crippen LogP contribution in [0.15, 0.2) is 24.3 Å². The highest BCUT2D eigenvalue weighted by molar-refractivity contribution is 5.77. The fourth-order valence-electron chi connectivity index (χ4n) is 2.81. The molecule has 1 aliphatic rings. The van der Waals surface area contributed by atoms with Crippen molar-refractivity contribution in [3.05, 3.63) is 35.4 Å². The number of rotatable bonds is 6. The first-order chi connectivity index (χ1) is 9.16. The molecule has 0 aromatic heterocycles. The molecule has 1 aromatic carbocycles. The molecule has 0 unspecified atom stereocenters. The van der Waals surface area contributed by atoms with Gasteiger partial charge >= 0.3 is 0 Å². The Morgan fingerprint density at radius 2 is 1.95 bits per heavy atom. The molecule has 0 atom stereocenters. The number of hydrogen-bond acceptors (Lipinski definition) is 2. The summed E-state index contributed by atoms with van der Waals surface area (Å²) in [4.78, 5) is 11.2. The summed E-state index contributed by atoms with van der Waals surface area (Å²) in [5.74, 6) is 0.0537. The summed E-state index contributed by atoms with van der Waals surface area (Å²) in [6.07, 6.45) is 4.99. The smallest absolute Gasteiger partial charge is 0.233 e. The third-order valence-corrected chi connectivity index (χ3v) is 4.32. The fourth-order valence-corrected chi connectivity index (χ4v) is 2.81. The van der Waals surface area contributed by atoms with Crippen LogP contribution in [0.4, 0.5) is 0 Å². The summed E-state index contributed by atoms with van der Waals surface area (Å²) in [7, 11) is 1.67. The van der Waals surface area contributed by atoms with Gasteiger partial charge in [0.25, 0.3) is 0 Å². The second-order valence-electron chi connectivity index (χ2n) is 5.60. The lowest BCUT2D eigenvalue weighted by molar-refractivity contribution is -0.119. The molecule has 1 saturated carbocycles. The Morgan fingerprint density at radius 3 is 2.47 bits per heavy atom. The highest BCUT2D eigenvalue weighted by Gasteiger charge is 2.37. The summed E-state index contributed by atoms with van der Waals surface area (Å²) in [6, 6.07) is 8.95. The number of likely N-dealkylation sites (N-methyl/N-ethyl adjacent to an activating group) is 1. The second kappa shape index (κ2) is 6.20. The first-order valence-corrected chi connectivity index (χ1v) is 7.15. The molecule has 19 heavy (non-hydrogen) atoms. The third kappa shape index (κ3) is 3.35. The number of benzene rings is 1. The average Bonchev–Trinajstić information content (AvgIpc) is 2.38. The lowest BCUT2D eigenvalue weighted by Gasteiger charge is -2.43. The highest BCUT2D eigenvalue weighted by Crippen LogP contribution is 2.46. The SMILES string of the molecule is CNC(=O)CNCCC1(c2ccc(C)cc2)CCC1. The zero-order chi connectivity index (χ0) is 13.7. The molecule has 3 heteroatoms. The average molecular weight is 260 g/mol. The van der Waals surface area contributed by atoms with Crippen LogP contribution in [0.1, 0.15) is 36.8 Å². The predicted molar refractivity (Wildman–Crippen MR) is 78.3 cm³/mol. The van der Waals surface area contributed by atoms with Crippen molar-refractivity contribution in [1.82, 2.24) is 10.6 Å². The highest BCUT2D eigenvalue weighted by atomic mass is 16.1. The number of carbonyl (C=O) groups is 1. The van der Waals surface area contributed by atoms with E-state index in [1.165, 1.54) is 30.4 Å². The molecule has 3 nitrogen and oxygen atoms in total. The van der Waals surface area contributed by atoms with E-state index in [4.69, 9.17) is 0 Å². The zero-order valence-electron chi connectivity index (χ0n) is 12.0.